The Bertz CT molecular complexity index is 1680. The van der Waals surface area contributed by atoms with Crippen LogP contribution in [0.3, 0.4) is 0 Å². The van der Waals surface area contributed by atoms with Crippen LogP contribution in [0.1, 0.15) is 36.8 Å². The number of carboxylic acids is 4. The van der Waals surface area contributed by atoms with E-state index in [4.69, 9.17) is 65.6 Å². The predicted octanol–water partition coefficient (Wildman–Crippen LogP) is -0.432. The molecule has 2 aromatic carbocycles. The minimum Gasteiger partial charge on any atom is -0.480 e. The van der Waals surface area contributed by atoms with Crippen LogP contribution in [0.25, 0.3) is 21.8 Å². The minimum atomic E-state index is -1.00. The molecule has 54 heavy (non-hydrogen) atoms. The van der Waals surface area contributed by atoms with E-state index >= 15 is 0 Å². The Labute approximate surface area is 310 Å². The highest BCUT2D eigenvalue weighted by Crippen LogP contribution is 2.19. The number of rotatable bonds is 16. The number of para-hydroxylation sites is 2. The molecule has 4 aromatic rings. The normalized spacial score (nSPS) is 12.5. The van der Waals surface area contributed by atoms with Crippen molar-refractivity contribution in [1.82, 2.24) is 20.6 Å². The molecule has 4 rings (SSSR count). The first-order valence-electron chi connectivity index (χ1n) is 16.6. The van der Waals surface area contributed by atoms with Gasteiger partial charge in [0, 0.05) is 60.1 Å². The van der Waals surface area contributed by atoms with E-state index in [-0.39, 0.29) is 11.9 Å². The zero-order valence-corrected chi connectivity index (χ0v) is 29.6. The van der Waals surface area contributed by atoms with Gasteiger partial charge in [0.1, 0.15) is 24.2 Å². The Morgan fingerprint density at radius 3 is 1.19 bits per heavy atom. The van der Waals surface area contributed by atoms with E-state index in [0.29, 0.717) is 51.6 Å². The highest BCUT2D eigenvalue weighted by molar-refractivity contribution is 5.85. The number of hydrogen-bond donors (Lipinski definition) is 16. The first-order valence-corrected chi connectivity index (χ1v) is 16.6. The largest absolute Gasteiger partial charge is 0.480 e. The van der Waals surface area contributed by atoms with Crippen LogP contribution in [0.4, 0.5) is 0 Å². The number of benzene rings is 2. The first kappa shape index (κ1) is 45.8. The number of H-pyrrole nitrogens is 2. The molecule has 0 aliphatic heterocycles. The van der Waals surface area contributed by atoms with Gasteiger partial charge in [0.25, 0.3) is 0 Å². The molecule has 22 N–H and O–H groups in total. The average Bonchev–Trinajstić information content (AvgIpc) is 3.72. The number of aromatic nitrogens is 2. The number of carboxylic acid groups (broad SMARTS) is 4. The van der Waals surface area contributed by atoms with E-state index in [1.165, 1.54) is 0 Å². The number of fused-ring (bicyclic) bond motifs is 2. The van der Waals surface area contributed by atoms with E-state index in [0.717, 1.165) is 32.9 Å². The number of hydrogen-bond acceptors (Lipinski definition) is 10. The van der Waals surface area contributed by atoms with Crippen molar-refractivity contribution >= 4 is 57.6 Å². The molecule has 2 aromatic heterocycles. The molecule has 0 aliphatic carbocycles. The monoisotopic (exact) mass is 756 g/mol. The smallest absolute Gasteiger partial charge is 0.320 e. The fourth-order valence-corrected chi connectivity index (χ4v) is 4.59. The summed E-state index contributed by atoms with van der Waals surface area (Å²) in [6.45, 7) is 0.965. The van der Waals surface area contributed by atoms with Crippen LogP contribution < -0.4 is 45.0 Å². The third-order valence-electron chi connectivity index (χ3n) is 7.51. The van der Waals surface area contributed by atoms with E-state index < -0.39 is 48.0 Å². The molecule has 0 radical (unpaired) electrons. The summed E-state index contributed by atoms with van der Waals surface area (Å²) in [6, 6.07) is 12.2. The molecular weight excluding hydrogens is 704 g/mol. The molecular formula is C34H52N12O8. The minimum absolute atomic E-state index is 0.112. The second kappa shape index (κ2) is 24.1. The molecule has 0 aliphatic rings. The van der Waals surface area contributed by atoms with Gasteiger partial charge in [-0.3, -0.25) is 30.0 Å². The third-order valence-corrected chi connectivity index (χ3v) is 7.51. The Hall–Kier alpha value is -6.22. The molecule has 4 atom stereocenters. The van der Waals surface area contributed by atoms with Crippen molar-refractivity contribution in [1.29, 1.82) is 10.8 Å². The summed E-state index contributed by atoms with van der Waals surface area (Å²) >= 11 is 0. The van der Waals surface area contributed by atoms with Crippen LogP contribution in [0.2, 0.25) is 0 Å². The van der Waals surface area contributed by atoms with Crippen molar-refractivity contribution in [2.24, 2.45) is 34.4 Å². The molecule has 2 heterocycles. The van der Waals surface area contributed by atoms with Gasteiger partial charge >= 0.3 is 23.9 Å². The summed E-state index contributed by atoms with van der Waals surface area (Å²) in [5.41, 5.74) is 35.3. The Morgan fingerprint density at radius 1 is 0.574 bits per heavy atom. The van der Waals surface area contributed by atoms with E-state index in [9.17, 15) is 19.2 Å². The fourth-order valence-electron chi connectivity index (χ4n) is 4.59. The molecule has 296 valence electrons. The molecule has 4 unspecified atom stereocenters. The SMILES string of the molecule is N=C(N)NCCCC(N)C(=O)O.N=C(N)NCCCC(N)C(=O)O.NC(Cc1c[nH]c2ccccc12)C(=O)O.NC(Cc1c[nH]c2ccccc12)C(=O)O. The molecule has 0 bridgehead atoms. The van der Waals surface area contributed by atoms with Crippen molar-refractivity contribution in [3.8, 4) is 0 Å². The quantitative estimate of drug-likeness (QED) is 0.0391. The van der Waals surface area contributed by atoms with Gasteiger partial charge in [-0.15, -0.1) is 0 Å². The predicted molar refractivity (Wildman–Crippen MR) is 205 cm³/mol. The summed E-state index contributed by atoms with van der Waals surface area (Å²) in [5, 5.41) is 54.9. The molecule has 0 spiro atoms. The van der Waals surface area contributed by atoms with Gasteiger partial charge in [-0.05, 0) is 48.9 Å². The lowest BCUT2D eigenvalue weighted by molar-refractivity contribution is -0.139. The number of aliphatic carboxylic acids is 4. The summed E-state index contributed by atoms with van der Waals surface area (Å²) in [4.78, 5) is 47.9. The molecule has 20 nitrogen and oxygen atoms in total. The summed E-state index contributed by atoms with van der Waals surface area (Å²) in [6.07, 6.45) is 6.27. The van der Waals surface area contributed by atoms with Crippen molar-refractivity contribution in [3.63, 3.8) is 0 Å². The van der Waals surface area contributed by atoms with Crippen molar-refractivity contribution < 1.29 is 39.6 Å². The van der Waals surface area contributed by atoms with E-state index in [1.807, 2.05) is 60.9 Å². The maximum absolute atomic E-state index is 10.6. The van der Waals surface area contributed by atoms with Crippen LogP contribution in [0.5, 0.6) is 0 Å². The Balaban J connectivity index is 0.000000363. The van der Waals surface area contributed by atoms with Crippen LogP contribution in [0.15, 0.2) is 60.9 Å². The lowest BCUT2D eigenvalue weighted by Crippen LogP contribution is -2.34. The summed E-state index contributed by atoms with van der Waals surface area (Å²) in [5.74, 6) is -4.17. The lowest BCUT2D eigenvalue weighted by Gasteiger charge is -2.06. The summed E-state index contributed by atoms with van der Waals surface area (Å²) < 4.78 is 0. The van der Waals surface area contributed by atoms with Crippen molar-refractivity contribution in [2.75, 3.05) is 13.1 Å². The number of aromatic amines is 2. The maximum Gasteiger partial charge on any atom is 0.320 e. The molecule has 20 heteroatoms. The average molecular weight is 757 g/mol. The second-order valence-corrected chi connectivity index (χ2v) is 11.9. The maximum atomic E-state index is 10.6. The fraction of sp³-hybridized carbons (Fsp3) is 0.353. The third kappa shape index (κ3) is 17.8. The van der Waals surface area contributed by atoms with Crippen molar-refractivity contribution in [3.05, 3.63) is 72.1 Å². The standard InChI is InChI=1S/2C11H12N2O2.2C6H14N4O2/c2*12-9(11(14)15)5-7-6-13-10-4-2-1-3-8(7)10;2*7-4(5(11)12)2-1-3-10-6(8)9/h2*1-4,6,9,13H,5,12H2,(H,14,15);2*4H,1-3,7H2,(H,11,12)(H4,8,9,10). The highest BCUT2D eigenvalue weighted by Gasteiger charge is 2.15. The lowest BCUT2D eigenvalue weighted by atomic mass is 10.1. The number of carbonyl (C=O) groups is 4. The molecule has 0 saturated carbocycles. The van der Waals surface area contributed by atoms with Gasteiger partial charge in [0.2, 0.25) is 0 Å². The zero-order chi connectivity index (χ0) is 40.8. The number of nitrogens with two attached hydrogens (primary N) is 6. The highest BCUT2D eigenvalue weighted by atomic mass is 16.4. The van der Waals surface area contributed by atoms with Gasteiger partial charge < -0.3 is 75.4 Å². The Kier molecular flexibility index (Phi) is 20.4. The Morgan fingerprint density at radius 2 is 0.889 bits per heavy atom. The van der Waals surface area contributed by atoms with Gasteiger partial charge in [-0.25, -0.2) is 0 Å². The number of nitrogens with one attached hydrogen (secondary N) is 6. The first-order chi connectivity index (χ1) is 25.4. The zero-order valence-electron chi connectivity index (χ0n) is 29.6. The number of guanidine groups is 2. The van der Waals surface area contributed by atoms with Crippen LogP contribution >= 0.6 is 0 Å². The van der Waals surface area contributed by atoms with Gasteiger partial charge in [0.05, 0.1) is 0 Å². The molecule has 0 fully saturated rings. The van der Waals surface area contributed by atoms with Crippen LogP contribution in [0, 0.1) is 10.8 Å². The van der Waals surface area contributed by atoms with Crippen LogP contribution in [-0.2, 0) is 32.0 Å². The second-order valence-electron chi connectivity index (χ2n) is 11.9. The van der Waals surface area contributed by atoms with Gasteiger partial charge in [0.15, 0.2) is 11.9 Å². The summed E-state index contributed by atoms with van der Waals surface area (Å²) in [7, 11) is 0. The van der Waals surface area contributed by atoms with E-state index in [2.05, 4.69) is 20.6 Å². The van der Waals surface area contributed by atoms with Gasteiger partial charge in [-0.2, -0.15) is 0 Å². The van der Waals surface area contributed by atoms with Crippen molar-refractivity contribution in [2.45, 2.75) is 62.7 Å². The van der Waals surface area contributed by atoms with Gasteiger partial charge in [-0.1, -0.05) is 36.4 Å². The van der Waals surface area contributed by atoms with E-state index in [1.54, 1.807) is 0 Å². The topological polar surface area (TPSA) is 409 Å². The molecule has 0 saturated heterocycles. The van der Waals surface area contributed by atoms with Crippen LogP contribution in [-0.4, -0.2) is 103 Å². The molecule has 0 amide bonds.